The normalized spacial score (nSPS) is 14.6. The second-order valence-corrected chi connectivity index (χ2v) is 8.34. The van der Waals surface area contributed by atoms with Crippen molar-refractivity contribution in [3.05, 3.63) is 101 Å². The predicted molar refractivity (Wildman–Crippen MR) is 107 cm³/mol. The van der Waals surface area contributed by atoms with Crippen molar-refractivity contribution in [2.45, 2.75) is 17.9 Å². The zero-order valence-electron chi connectivity index (χ0n) is 15.4. The van der Waals surface area contributed by atoms with E-state index in [1.165, 1.54) is 5.56 Å². The van der Waals surface area contributed by atoms with Gasteiger partial charge in [-0.1, -0.05) is 54.6 Å². The van der Waals surface area contributed by atoms with Gasteiger partial charge in [-0.15, -0.1) is 4.40 Å². The Morgan fingerprint density at radius 1 is 0.897 bits per heavy atom. The van der Waals surface area contributed by atoms with E-state index < -0.39 is 26.6 Å². The number of rotatable bonds is 3. The summed E-state index contributed by atoms with van der Waals surface area (Å²) in [5, 5.41) is 0. The molecule has 0 fully saturated rings. The summed E-state index contributed by atoms with van der Waals surface area (Å²) in [6.45, 7) is 1.07. The van der Waals surface area contributed by atoms with Gasteiger partial charge in [0.2, 0.25) is 0 Å². The Hall–Kier alpha value is -3.06. The van der Waals surface area contributed by atoms with Crippen LogP contribution in [0.3, 0.4) is 0 Å². The molecule has 4 nitrogen and oxygen atoms in total. The highest BCUT2D eigenvalue weighted by molar-refractivity contribution is 7.90. The maximum Gasteiger partial charge on any atom is 0.287 e. The van der Waals surface area contributed by atoms with Crippen LogP contribution in [0.5, 0.6) is 0 Å². The van der Waals surface area contributed by atoms with Crippen LogP contribution in [0.4, 0.5) is 8.78 Å². The molecule has 1 heterocycles. The summed E-state index contributed by atoms with van der Waals surface area (Å²) in [5.74, 6) is -1.77. The fourth-order valence-corrected chi connectivity index (χ4v) is 4.50. The van der Waals surface area contributed by atoms with Crippen molar-refractivity contribution in [3.8, 4) is 0 Å². The van der Waals surface area contributed by atoms with Crippen LogP contribution in [0.25, 0.3) is 0 Å². The van der Waals surface area contributed by atoms with Crippen LogP contribution < -0.4 is 0 Å². The van der Waals surface area contributed by atoms with Crippen molar-refractivity contribution in [1.82, 2.24) is 4.90 Å². The molecule has 7 heteroatoms. The van der Waals surface area contributed by atoms with E-state index in [1.54, 1.807) is 24.3 Å². The molecule has 148 valence electrons. The van der Waals surface area contributed by atoms with Crippen LogP contribution in [0, 0.1) is 11.6 Å². The van der Waals surface area contributed by atoms with E-state index >= 15 is 0 Å². The van der Waals surface area contributed by atoms with E-state index in [2.05, 4.69) is 10.5 Å². The number of fused-ring (bicyclic) bond motifs is 1. The van der Waals surface area contributed by atoms with Gasteiger partial charge < -0.3 is 4.90 Å². The van der Waals surface area contributed by atoms with Gasteiger partial charge in [-0.3, -0.25) is 0 Å². The molecule has 0 spiro atoms. The van der Waals surface area contributed by atoms with Gasteiger partial charge in [0.15, 0.2) is 0 Å². The molecule has 0 aliphatic carbocycles. The van der Waals surface area contributed by atoms with Crippen molar-refractivity contribution >= 4 is 15.9 Å². The Labute approximate surface area is 168 Å². The lowest BCUT2D eigenvalue weighted by Crippen LogP contribution is -2.37. The largest absolute Gasteiger partial charge is 0.351 e. The number of benzene rings is 3. The quantitative estimate of drug-likeness (QED) is 0.480. The van der Waals surface area contributed by atoms with Gasteiger partial charge >= 0.3 is 0 Å². The first-order chi connectivity index (χ1) is 13.9. The molecule has 0 atom stereocenters. The topological polar surface area (TPSA) is 49.7 Å². The summed E-state index contributed by atoms with van der Waals surface area (Å²) in [6.07, 6.45) is 0.743. The Morgan fingerprint density at radius 2 is 1.59 bits per heavy atom. The molecule has 0 radical (unpaired) electrons. The zero-order valence-corrected chi connectivity index (χ0v) is 16.2. The van der Waals surface area contributed by atoms with Crippen LogP contribution in [0.15, 0.2) is 82.1 Å². The van der Waals surface area contributed by atoms with Crippen molar-refractivity contribution in [1.29, 1.82) is 0 Å². The third kappa shape index (κ3) is 4.05. The smallest absolute Gasteiger partial charge is 0.287 e. The standard InChI is InChI=1S/C22H18F2N2O2S/c23-19-10-11-21(20(24)14-19)29(27,28)25-22(17-7-2-1-3-8-17)26-13-12-16-6-4-5-9-18(16)15-26/h1-11,14H,12-13,15H2/b25-22+. The highest BCUT2D eigenvalue weighted by atomic mass is 32.2. The Bertz CT molecular complexity index is 1180. The van der Waals surface area contributed by atoms with Crippen LogP contribution in [-0.4, -0.2) is 25.7 Å². The number of hydrogen-bond acceptors (Lipinski definition) is 2. The van der Waals surface area contributed by atoms with E-state index in [4.69, 9.17) is 0 Å². The molecule has 0 unspecified atom stereocenters. The fourth-order valence-electron chi connectivity index (χ4n) is 3.40. The molecule has 0 saturated heterocycles. The maximum absolute atomic E-state index is 14.1. The van der Waals surface area contributed by atoms with Crippen molar-refractivity contribution < 1.29 is 17.2 Å². The minimum absolute atomic E-state index is 0.240. The van der Waals surface area contributed by atoms with Crippen LogP contribution >= 0.6 is 0 Å². The van der Waals surface area contributed by atoms with E-state index in [0.29, 0.717) is 24.7 Å². The first kappa shape index (κ1) is 19.3. The molecule has 29 heavy (non-hydrogen) atoms. The van der Waals surface area contributed by atoms with Gasteiger partial charge in [-0.25, -0.2) is 8.78 Å². The van der Waals surface area contributed by atoms with E-state index in [-0.39, 0.29) is 5.84 Å². The van der Waals surface area contributed by atoms with Gasteiger partial charge in [-0.2, -0.15) is 8.42 Å². The van der Waals surface area contributed by atoms with Gasteiger partial charge in [0.1, 0.15) is 22.4 Å². The Morgan fingerprint density at radius 3 is 2.31 bits per heavy atom. The number of amidine groups is 1. The maximum atomic E-state index is 14.1. The minimum Gasteiger partial charge on any atom is -0.351 e. The third-order valence-electron chi connectivity index (χ3n) is 4.84. The summed E-state index contributed by atoms with van der Waals surface area (Å²) in [4.78, 5) is 1.22. The van der Waals surface area contributed by atoms with Gasteiger partial charge in [-0.05, 0) is 29.7 Å². The molecular formula is C22H18F2N2O2S. The average Bonchev–Trinajstić information content (AvgIpc) is 2.72. The van der Waals surface area contributed by atoms with Crippen molar-refractivity contribution in [3.63, 3.8) is 0 Å². The molecule has 1 aliphatic heterocycles. The molecule has 1 aliphatic rings. The molecule has 0 saturated carbocycles. The average molecular weight is 412 g/mol. The second kappa shape index (κ2) is 7.75. The molecular weight excluding hydrogens is 394 g/mol. The Balaban J connectivity index is 1.79. The first-order valence-electron chi connectivity index (χ1n) is 9.11. The van der Waals surface area contributed by atoms with Crippen LogP contribution in [0.1, 0.15) is 16.7 Å². The molecule has 3 aromatic carbocycles. The minimum atomic E-state index is -4.38. The summed E-state index contributed by atoms with van der Waals surface area (Å²) < 4.78 is 57.1. The molecule has 4 rings (SSSR count). The van der Waals surface area contributed by atoms with Crippen LogP contribution in [-0.2, 0) is 23.0 Å². The monoisotopic (exact) mass is 412 g/mol. The predicted octanol–water partition coefficient (Wildman–Crippen LogP) is 4.16. The number of halogens is 2. The SMILES string of the molecule is O=S(=O)(/N=C(\c1ccccc1)N1CCc2ccccc2C1)c1ccc(F)cc1F. The summed E-state index contributed by atoms with van der Waals surface area (Å²) in [6, 6.07) is 19.2. The molecule has 0 N–H and O–H groups in total. The Kier molecular flexibility index (Phi) is 5.15. The molecule has 3 aromatic rings. The summed E-state index contributed by atoms with van der Waals surface area (Å²) in [5.41, 5.74) is 2.91. The lowest BCUT2D eigenvalue weighted by molar-refractivity contribution is 0.395. The summed E-state index contributed by atoms with van der Waals surface area (Å²) >= 11 is 0. The van der Waals surface area contributed by atoms with Gasteiger partial charge in [0.05, 0.1) is 0 Å². The second-order valence-electron chi connectivity index (χ2n) is 6.77. The van der Waals surface area contributed by atoms with Crippen LogP contribution in [0.2, 0.25) is 0 Å². The van der Waals surface area contributed by atoms with Gasteiger partial charge in [0.25, 0.3) is 10.0 Å². The van der Waals surface area contributed by atoms with E-state index in [1.807, 2.05) is 29.2 Å². The highest BCUT2D eigenvalue weighted by Crippen LogP contribution is 2.24. The van der Waals surface area contributed by atoms with E-state index in [0.717, 1.165) is 24.1 Å². The fraction of sp³-hybridized carbons (Fsp3) is 0.136. The van der Waals surface area contributed by atoms with Crippen molar-refractivity contribution in [2.75, 3.05) is 6.54 Å². The van der Waals surface area contributed by atoms with E-state index in [9.17, 15) is 17.2 Å². The molecule has 0 bridgehead atoms. The summed E-state index contributed by atoms with van der Waals surface area (Å²) in [7, 11) is -4.38. The number of hydrogen-bond donors (Lipinski definition) is 0. The van der Waals surface area contributed by atoms with Gasteiger partial charge in [0, 0.05) is 24.7 Å². The first-order valence-corrected chi connectivity index (χ1v) is 10.6. The lowest BCUT2D eigenvalue weighted by Gasteiger charge is -2.31. The lowest BCUT2D eigenvalue weighted by atomic mass is 9.99. The highest BCUT2D eigenvalue weighted by Gasteiger charge is 2.25. The molecule has 0 amide bonds. The third-order valence-corrected chi connectivity index (χ3v) is 6.14. The molecule has 0 aromatic heterocycles. The number of sulfonamides is 1. The zero-order chi connectivity index (χ0) is 20.4. The van der Waals surface area contributed by atoms with Crippen molar-refractivity contribution in [2.24, 2.45) is 4.40 Å². The number of nitrogens with zero attached hydrogens (tertiary/aromatic N) is 2.